The van der Waals surface area contributed by atoms with Crippen LogP contribution >= 0.6 is 11.3 Å². The lowest BCUT2D eigenvalue weighted by molar-refractivity contribution is -0.130. The molecule has 0 spiro atoms. The summed E-state index contributed by atoms with van der Waals surface area (Å²) in [5, 5.41) is 9.24. The fourth-order valence-electron chi connectivity index (χ4n) is 3.36. The number of thiazole rings is 1. The van der Waals surface area contributed by atoms with Gasteiger partial charge in [-0.3, -0.25) is 4.79 Å². The van der Waals surface area contributed by atoms with Crippen LogP contribution in [0, 0.1) is 12.8 Å². The Morgan fingerprint density at radius 3 is 3.00 bits per heavy atom. The van der Waals surface area contributed by atoms with Gasteiger partial charge in [0.2, 0.25) is 5.91 Å². The lowest BCUT2D eigenvalue weighted by Crippen LogP contribution is -2.29. The molecule has 24 heavy (non-hydrogen) atoms. The number of carbonyl (C=O) groups excluding carboxylic acids is 1. The number of amides is 1. The first-order valence-electron chi connectivity index (χ1n) is 8.51. The minimum absolute atomic E-state index is 0.0834. The van der Waals surface area contributed by atoms with Gasteiger partial charge in [0, 0.05) is 24.4 Å². The second-order valence-electron chi connectivity index (χ2n) is 6.54. The van der Waals surface area contributed by atoms with Crippen molar-refractivity contribution in [2.45, 2.75) is 39.2 Å². The maximum Gasteiger partial charge on any atom is 0.222 e. The van der Waals surface area contributed by atoms with E-state index in [1.165, 1.54) is 10.4 Å². The van der Waals surface area contributed by atoms with Gasteiger partial charge in [-0.1, -0.05) is 24.3 Å². The molecule has 1 atom stereocenters. The van der Waals surface area contributed by atoms with E-state index in [-0.39, 0.29) is 12.5 Å². The van der Waals surface area contributed by atoms with Crippen LogP contribution in [0.25, 0.3) is 0 Å². The van der Waals surface area contributed by atoms with Crippen LogP contribution < -0.4 is 0 Å². The van der Waals surface area contributed by atoms with Gasteiger partial charge in [0.05, 0.1) is 17.8 Å². The zero-order valence-electron chi connectivity index (χ0n) is 14.1. The summed E-state index contributed by atoms with van der Waals surface area (Å²) in [6.07, 6.45) is 3.42. The van der Waals surface area contributed by atoms with Gasteiger partial charge in [0.1, 0.15) is 0 Å². The number of aliphatic hydroxyl groups is 1. The van der Waals surface area contributed by atoms with Gasteiger partial charge < -0.3 is 10.0 Å². The third-order valence-electron chi connectivity index (χ3n) is 4.75. The van der Waals surface area contributed by atoms with Crippen LogP contribution in [0.5, 0.6) is 0 Å². The third-order valence-corrected chi connectivity index (χ3v) is 5.74. The largest absolute Gasteiger partial charge is 0.392 e. The number of hydrogen-bond acceptors (Lipinski definition) is 4. The van der Waals surface area contributed by atoms with Crippen molar-refractivity contribution in [3.05, 3.63) is 51.5 Å². The molecule has 3 rings (SSSR count). The summed E-state index contributed by atoms with van der Waals surface area (Å²) in [5.74, 6) is 0.780. The molecule has 0 bridgehead atoms. The number of benzene rings is 1. The van der Waals surface area contributed by atoms with E-state index in [0.717, 1.165) is 43.6 Å². The Morgan fingerprint density at radius 2 is 2.25 bits per heavy atom. The van der Waals surface area contributed by atoms with Crippen LogP contribution in [0.2, 0.25) is 0 Å². The van der Waals surface area contributed by atoms with Crippen molar-refractivity contribution in [3.63, 3.8) is 0 Å². The van der Waals surface area contributed by atoms with Gasteiger partial charge in [-0.2, -0.15) is 0 Å². The maximum atomic E-state index is 12.4. The van der Waals surface area contributed by atoms with E-state index in [1.54, 1.807) is 11.3 Å². The molecule has 1 fully saturated rings. The second kappa shape index (κ2) is 7.90. The minimum Gasteiger partial charge on any atom is -0.392 e. The average molecular weight is 344 g/mol. The Kier molecular flexibility index (Phi) is 5.63. The van der Waals surface area contributed by atoms with E-state index < -0.39 is 0 Å². The van der Waals surface area contributed by atoms with Crippen molar-refractivity contribution < 1.29 is 9.90 Å². The van der Waals surface area contributed by atoms with Crippen LogP contribution in [0.4, 0.5) is 0 Å². The molecule has 2 aromatic rings. The fraction of sp³-hybridized carbons (Fsp3) is 0.474. The topological polar surface area (TPSA) is 53.4 Å². The molecule has 1 aromatic heterocycles. The first-order chi connectivity index (χ1) is 11.7. The standard InChI is InChI=1S/C19H24N2O2S/c1-14-18(24-13-20-14)5-6-19(23)21-8-7-16(11-21)9-15-3-2-4-17(10-15)12-22/h2-4,10,13,16,22H,5-9,11-12H2,1H3/t16-/m0/s1. The molecule has 2 heterocycles. The SMILES string of the molecule is Cc1ncsc1CCC(=O)N1CC[C@@H](Cc2cccc(CO)c2)C1. The Hall–Kier alpha value is -1.72. The molecule has 0 saturated carbocycles. The average Bonchev–Trinajstić information content (AvgIpc) is 3.22. The molecule has 5 heteroatoms. The van der Waals surface area contributed by atoms with Crippen LogP contribution in [0.3, 0.4) is 0 Å². The molecular weight excluding hydrogens is 320 g/mol. The highest BCUT2D eigenvalue weighted by Gasteiger charge is 2.26. The number of aromatic nitrogens is 1. The summed E-state index contributed by atoms with van der Waals surface area (Å²) in [4.78, 5) is 19.9. The van der Waals surface area contributed by atoms with Gasteiger partial charge in [-0.05, 0) is 43.2 Å². The van der Waals surface area contributed by atoms with Crippen molar-refractivity contribution in [3.8, 4) is 0 Å². The molecule has 1 amide bonds. The summed E-state index contributed by atoms with van der Waals surface area (Å²) >= 11 is 1.64. The molecule has 1 aliphatic rings. The summed E-state index contributed by atoms with van der Waals surface area (Å²) in [5.41, 5.74) is 5.11. The van der Waals surface area contributed by atoms with Crippen molar-refractivity contribution >= 4 is 17.2 Å². The molecule has 0 aliphatic carbocycles. The predicted molar refractivity (Wildman–Crippen MR) is 95.9 cm³/mol. The molecule has 1 aromatic carbocycles. The molecule has 4 nitrogen and oxygen atoms in total. The Labute approximate surface area is 147 Å². The van der Waals surface area contributed by atoms with Gasteiger partial charge in [0.25, 0.3) is 0 Å². The van der Waals surface area contributed by atoms with E-state index in [4.69, 9.17) is 0 Å². The molecule has 1 aliphatic heterocycles. The zero-order chi connectivity index (χ0) is 16.9. The van der Waals surface area contributed by atoms with Crippen molar-refractivity contribution in [2.24, 2.45) is 5.92 Å². The van der Waals surface area contributed by atoms with Crippen LogP contribution in [0.1, 0.15) is 34.5 Å². The monoisotopic (exact) mass is 344 g/mol. The van der Waals surface area contributed by atoms with E-state index in [1.807, 2.05) is 29.5 Å². The first-order valence-corrected chi connectivity index (χ1v) is 9.39. The zero-order valence-corrected chi connectivity index (χ0v) is 14.9. The number of aliphatic hydroxyl groups excluding tert-OH is 1. The highest BCUT2D eigenvalue weighted by molar-refractivity contribution is 7.09. The molecule has 128 valence electrons. The van der Waals surface area contributed by atoms with Gasteiger partial charge in [0.15, 0.2) is 0 Å². The van der Waals surface area contributed by atoms with Crippen LogP contribution in [-0.4, -0.2) is 34.0 Å². The van der Waals surface area contributed by atoms with E-state index >= 15 is 0 Å². The van der Waals surface area contributed by atoms with Gasteiger partial charge in [-0.25, -0.2) is 4.98 Å². The number of likely N-dealkylation sites (tertiary alicyclic amines) is 1. The number of nitrogens with zero attached hydrogens (tertiary/aromatic N) is 2. The summed E-state index contributed by atoms with van der Waals surface area (Å²) in [7, 11) is 0. The summed E-state index contributed by atoms with van der Waals surface area (Å²) < 4.78 is 0. The van der Waals surface area contributed by atoms with Crippen molar-refractivity contribution in [2.75, 3.05) is 13.1 Å². The Bertz CT molecular complexity index is 698. The van der Waals surface area contributed by atoms with Gasteiger partial charge in [-0.15, -0.1) is 11.3 Å². The van der Waals surface area contributed by atoms with E-state index in [0.29, 0.717) is 12.3 Å². The van der Waals surface area contributed by atoms with E-state index in [9.17, 15) is 9.90 Å². The highest BCUT2D eigenvalue weighted by atomic mass is 32.1. The molecule has 1 saturated heterocycles. The number of aryl methyl sites for hydroxylation is 2. The molecular formula is C19H24N2O2S. The highest BCUT2D eigenvalue weighted by Crippen LogP contribution is 2.23. The first kappa shape index (κ1) is 17.1. The predicted octanol–water partition coefficient (Wildman–Crippen LogP) is 2.97. The molecule has 0 radical (unpaired) electrons. The molecule has 0 unspecified atom stereocenters. The quantitative estimate of drug-likeness (QED) is 0.876. The van der Waals surface area contributed by atoms with Crippen molar-refractivity contribution in [1.82, 2.24) is 9.88 Å². The van der Waals surface area contributed by atoms with Crippen molar-refractivity contribution in [1.29, 1.82) is 0 Å². The second-order valence-corrected chi connectivity index (χ2v) is 7.48. The Morgan fingerprint density at radius 1 is 1.42 bits per heavy atom. The number of carbonyl (C=O) groups is 1. The third kappa shape index (κ3) is 4.22. The summed E-state index contributed by atoms with van der Waals surface area (Å²) in [6, 6.07) is 8.11. The molecule has 1 N–H and O–H groups in total. The van der Waals surface area contributed by atoms with Crippen LogP contribution in [0.15, 0.2) is 29.8 Å². The lowest BCUT2D eigenvalue weighted by Gasteiger charge is -2.16. The van der Waals surface area contributed by atoms with Gasteiger partial charge >= 0.3 is 0 Å². The van der Waals surface area contributed by atoms with E-state index in [2.05, 4.69) is 17.1 Å². The Balaban J connectivity index is 1.49. The lowest BCUT2D eigenvalue weighted by atomic mass is 9.97. The summed E-state index contributed by atoms with van der Waals surface area (Å²) in [6.45, 7) is 3.80. The smallest absolute Gasteiger partial charge is 0.222 e. The fourth-order valence-corrected chi connectivity index (χ4v) is 4.14. The normalized spacial score (nSPS) is 17.4. The van der Waals surface area contributed by atoms with Crippen LogP contribution in [-0.2, 0) is 24.2 Å². The minimum atomic E-state index is 0.0834. The number of rotatable bonds is 6. The maximum absolute atomic E-state index is 12.4. The number of hydrogen-bond donors (Lipinski definition) is 1.